The molecular weight excluding hydrogens is 252 g/mol. The average Bonchev–Trinajstić information content (AvgIpc) is 3.03. The Balaban J connectivity index is 1.76. The van der Waals surface area contributed by atoms with E-state index < -0.39 is 0 Å². The van der Waals surface area contributed by atoms with Crippen LogP contribution < -0.4 is 10.2 Å². The molecule has 6 nitrogen and oxygen atoms in total. The Morgan fingerprint density at radius 3 is 2.60 bits per heavy atom. The molecule has 20 heavy (non-hydrogen) atoms. The van der Waals surface area contributed by atoms with Gasteiger partial charge in [0.15, 0.2) is 5.82 Å². The van der Waals surface area contributed by atoms with Crippen molar-refractivity contribution < 1.29 is 0 Å². The van der Waals surface area contributed by atoms with Crippen molar-refractivity contribution in [3.63, 3.8) is 0 Å². The van der Waals surface area contributed by atoms with Gasteiger partial charge in [-0.2, -0.15) is 15.3 Å². The second kappa shape index (κ2) is 5.53. The molecule has 1 aliphatic heterocycles. The molecule has 3 rings (SSSR count). The fourth-order valence-electron chi connectivity index (χ4n) is 2.20. The van der Waals surface area contributed by atoms with Crippen molar-refractivity contribution >= 4 is 17.5 Å². The number of hydrogen-bond donors (Lipinski definition) is 1. The largest absolute Gasteiger partial charge is 0.355 e. The summed E-state index contributed by atoms with van der Waals surface area (Å²) in [5, 5.41) is 19.8. The normalized spacial score (nSPS) is 14.1. The molecule has 0 aliphatic carbocycles. The highest BCUT2D eigenvalue weighted by molar-refractivity contribution is 5.55. The van der Waals surface area contributed by atoms with Crippen LogP contribution in [0.15, 0.2) is 30.5 Å². The van der Waals surface area contributed by atoms with Crippen molar-refractivity contribution in [2.45, 2.75) is 12.8 Å². The number of anilines is 3. The van der Waals surface area contributed by atoms with Gasteiger partial charge in [-0.05, 0) is 37.1 Å². The second-order valence-electron chi connectivity index (χ2n) is 4.65. The molecule has 0 atom stereocenters. The minimum absolute atomic E-state index is 0.471. The monoisotopic (exact) mass is 266 g/mol. The van der Waals surface area contributed by atoms with Gasteiger partial charge in [-0.1, -0.05) is 0 Å². The first-order chi connectivity index (χ1) is 9.85. The van der Waals surface area contributed by atoms with Crippen LogP contribution in [0.5, 0.6) is 0 Å². The Hall–Kier alpha value is -2.68. The number of hydrogen-bond acceptors (Lipinski definition) is 6. The Morgan fingerprint density at radius 2 is 1.90 bits per heavy atom. The first-order valence-corrected chi connectivity index (χ1v) is 6.57. The van der Waals surface area contributed by atoms with Crippen molar-refractivity contribution in [3.8, 4) is 6.07 Å². The molecule has 1 aromatic heterocycles. The molecule has 0 bridgehead atoms. The molecule has 2 heterocycles. The van der Waals surface area contributed by atoms with Gasteiger partial charge in [0.2, 0.25) is 5.95 Å². The van der Waals surface area contributed by atoms with E-state index in [1.807, 2.05) is 12.1 Å². The smallest absolute Gasteiger partial charge is 0.249 e. The van der Waals surface area contributed by atoms with Crippen molar-refractivity contribution in [2.24, 2.45) is 0 Å². The van der Waals surface area contributed by atoms with Crippen molar-refractivity contribution in [3.05, 3.63) is 36.0 Å². The predicted molar refractivity (Wildman–Crippen MR) is 75.7 cm³/mol. The van der Waals surface area contributed by atoms with Gasteiger partial charge < -0.3 is 10.2 Å². The van der Waals surface area contributed by atoms with Gasteiger partial charge in [-0.15, -0.1) is 5.10 Å². The van der Waals surface area contributed by atoms with E-state index in [4.69, 9.17) is 5.26 Å². The highest BCUT2D eigenvalue weighted by Gasteiger charge is 2.14. The first kappa shape index (κ1) is 12.4. The fourth-order valence-corrected chi connectivity index (χ4v) is 2.20. The van der Waals surface area contributed by atoms with Crippen molar-refractivity contribution in [1.29, 1.82) is 5.26 Å². The van der Waals surface area contributed by atoms with E-state index in [-0.39, 0.29) is 0 Å². The van der Waals surface area contributed by atoms with Crippen LogP contribution in [0.2, 0.25) is 0 Å². The van der Waals surface area contributed by atoms with E-state index in [2.05, 4.69) is 31.5 Å². The van der Waals surface area contributed by atoms with Crippen LogP contribution >= 0.6 is 0 Å². The SMILES string of the molecule is N#Cc1ccc(Nc2nncc(N3CCCC3)n2)cc1. The van der Waals surface area contributed by atoms with Gasteiger partial charge in [-0.3, -0.25) is 0 Å². The number of benzene rings is 1. The third-order valence-corrected chi connectivity index (χ3v) is 3.25. The molecule has 1 aliphatic rings. The van der Waals surface area contributed by atoms with Gasteiger partial charge in [0.1, 0.15) is 0 Å². The molecule has 6 heteroatoms. The molecular formula is C14H14N6. The van der Waals surface area contributed by atoms with Crippen LogP contribution in [-0.4, -0.2) is 28.3 Å². The van der Waals surface area contributed by atoms with E-state index in [9.17, 15) is 0 Å². The van der Waals surface area contributed by atoms with E-state index >= 15 is 0 Å². The van der Waals surface area contributed by atoms with Gasteiger partial charge in [0.25, 0.3) is 0 Å². The van der Waals surface area contributed by atoms with Crippen molar-refractivity contribution in [2.75, 3.05) is 23.3 Å². The highest BCUT2D eigenvalue weighted by atomic mass is 15.3. The Labute approximate surface area is 117 Å². The summed E-state index contributed by atoms with van der Waals surface area (Å²) in [6.45, 7) is 2.05. The summed E-state index contributed by atoms with van der Waals surface area (Å²) in [5.41, 5.74) is 1.46. The van der Waals surface area contributed by atoms with Crippen LogP contribution in [0.3, 0.4) is 0 Å². The topological polar surface area (TPSA) is 77.7 Å². The predicted octanol–water partition coefficient (Wildman–Crippen LogP) is 2.09. The second-order valence-corrected chi connectivity index (χ2v) is 4.65. The van der Waals surface area contributed by atoms with E-state index in [0.29, 0.717) is 11.5 Å². The first-order valence-electron chi connectivity index (χ1n) is 6.57. The molecule has 1 fully saturated rings. The lowest BCUT2D eigenvalue weighted by molar-refractivity contribution is 0.890. The van der Waals surface area contributed by atoms with Crippen LogP contribution in [0.4, 0.5) is 17.5 Å². The van der Waals surface area contributed by atoms with E-state index in [1.165, 1.54) is 12.8 Å². The number of nitrogens with one attached hydrogen (secondary N) is 1. The summed E-state index contributed by atoms with van der Waals surface area (Å²) < 4.78 is 0. The minimum Gasteiger partial charge on any atom is -0.355 e. The summed E-state index contributed by atoms with van der Waals surface area (Å²) in [6, 6.07) is 9.23. The number of rotatable bonds is 3. The van der Waals surface area contributed by atoms with Crippen LogP contribution in [-0.2, 0) is 0 Å². The van der Waals surface area contributed by atoms with Crippen LogP contribution in [0.1, 0.15) is 18.4 Å². The molecule has 1 saturated heterocycles. The zero-order valence-corrected chi connectivity index (χ0v) is 11.0. The van der Waals surface area contributed by atoms with Crippen LogP contribution in [0.25, 0.3) is 0 Å². The summed E-state index contributed by atoms with van der Waals surface area (Å²) >= 11 is 0. The number of nitrogens with zero attached hydrogens (tertiary/aromatic N) is 5. The molecule has 0 spiro atoms. The molecule has 100 valence electrons. The van der Waals surface area contributed by atoms with Gasteiger partial charge >= 0.3 is 0 Å². The van der Waals surface area contributed by atoms with Crippen molar-refractivity contribution in [1.82, 2.24) is 15.2 Å². The lowest BCUT2D eigenvalue weighted by atomic mass is 10.2. The lowest BCUT2D eigenvalue weighted by Crippen LogP contribution is -2.19. The van der Waals surface area contributed by atoms with E-state index in [0.717, 1.165) is 24.6 Å². The standard InChI is InChI=1S/C14H14N6/c15-9-11-3-5-12(6-4-11)17-14-18-13(10-16-19-14)20-7-1-2-8-20/h3-6,10H,1-2,7-8H2,(H,17,18,19). The average molecular weight is 266 g/mol. The lowest BCUT2D eigenvalue weighted by Gasteiger charge is -2.15. The Morgan fingerprint density at radius 1 is 1.15 bits per heavy atom. The van der Waals surface area contributed by atoms with Gasteiger partial charge in [-0.25, -0.2) is 0 Å². The number of nitriles is 1. The molecule has 0 radical (unpaired) electrons. The van der Waals surface area contributed by atoms with Gasteiger partial charge in [0.05, 0.1) is 17.8 Å². The highest BCUT2D eigenvalue weighted by Crippen LogP contribution is 2.19. The molecule has 0 saturated carbocycles. The zero-order chi connectivity index (χ0) is 13.8. The Bertz CT molecular complexity index is 625. The number of aromatic nitrogens is 3. The molecule has 0 unspecified atom stereocenters. The summed E-state index contributed by atoms with van der Waals surface area (Å²) in [5.74, 6) is 1.33. The molecule has 1 aromatic carbocycles. The quantitative estimate of drug-likeness (QED) is 0.916. The van der Waals surface area contributed by atoms with Crippen LogP contribution in [0, 0.1) is 11.3 Å². The molecule has 1 N–H and O–H groups in total. The minimum atomic E-state index is 0.471. The zero-order valence-electron chi connectivity index (χ0n) is 11.0. The summed E-state index contributed by atoms with van der Waals surface area (Å²) in [7, 11) is 0. The molecule has 2 aromatic rings. The third kappa shape index (κ3) is 2.67. The Kier molecular flexibility index (Phi) is 3.42. The van der Waals surface area contributed by atoms with Gasteiger partial charge in [0, 0.05) is 18.8 Å². The third-order valence-electron chi connectivity index (χ3n) is 3.25. The summed E-state index contributed by atoms with van der Waals surface area (Å²) in [4.78, 5) is 6.68. The summed E-state index contributed by atoms with van der Waals surface area (Å²) in [6.07, 6.45) is 4.08. The van der Waals surface area contributed by atoms with E-state index in [1.54, 1.807) is 18.3 Å². The molecule has 0 amide bonds. The maximum absolute atomic E-state index is 8.77. The maximum atomic E-state index is 8.77. The fraction of sp³-hybridized carbons (Fsp3) is 0.286. The maximum Gasteiger partial charge on any atom is 0.249 e.